The number of ether oxygens (including phenoxy) is 3. The van der Waals surface area contributed by atoms with E-state index in [1.165, 1.54) is 16.7 Å². The summed E-state index contributed by atoms with van der Waals surface area (Å²) in [4.78, 5) is 4.98. The molecule has 0 saturated carbocycles. The van der Waals surface area contributed by atoms with Crippen LogP contribution in [0, 0.1) is 0 Å². The van der Waals surface area contributed by atoms with Crippen LogP contribution in [0.25, 0.3) is 0 Å². The molecule has 1 atom stereocenters. The molecule has 1 unspecified atom stereocenters. The molecule has 0 bridgehead atoms. The standard InChI is InChI=1S/C20H32N2O3/c1-5-16-12-17-18(14-22(16)6-2)19(23-3)11-15(20(17)24-4)13-21-7-9-25-10-8-21/h11,16H,5-10,12-14H2,1-4H3. The highest BCUT2D eigenvalue weighted by Crippen LogP contribution is 2.40. The van der Waals surface area contributed by atoms with E-state index < -0.39 is 0 Å². The molecule has 0 aliphatic carbocycles. The first kappa shape index (κ1) is 18.5. The van der Waals surface area contributed by atoms with Crippen molar-refractivity contribution in [2.45, 2.75) is 45.8 Å². The predicted molar refractivity (Wildman–Crippen MR) is 99.5 cm³/mol. The first-order valence-corrected chi connectivity index (χ1v) is 9.51. The molecule has 2 aliphatic rings. The van der Waals surface area contributed by atoms with Gasteiger partial charge >= 0.3 is 0 Å². The van der Waals surface area contributed by atoms with Crippen molar-refractivity contribution in [2.24, 2.45) is 0 Å². The minimum absolute atomic E-state index is 0.578. The second-order valence-electron chi connectivity index (χ2n) is 6.95. The number of fused-ring (bicyclic) bond motifs is 1. The number of hydrogen-bond acceptors (Lipinski definition) is 5. The van der Waals surface area contributed by atoms with E-state index in [1.807, 2.05) is 0 Å². The fourth-order valence-corrected chi connectivity index (χ4v) is 4.20. The van der Waals surface area contributed by atoms with Crippen molar-refractivity contribution in [3.8, 4) is 11.5 Å². The molecule has 140 valence electrons. The number of methoxy groups -OCH3 is 2. The van der Waals surface area contributed by atoms with Gasteiger partial charge in [0.1, 0.15) is 11.5 Å². The average Bonchev–Trinajstić information content (AvgIpc) is 2.67. The SMILES string of the molecule is CCC1Cc2c(c(OC)cc(CN3CCOCC3)c2OC)CN1CC. The summed E-state index contributed by atoms with van der Waals surface area (Å²) in [6, 6.07) is 2.77. The van der Waals surface area contributed by atoms with Crippen molar-refractivity contribution in [2.75, 3.05) is 47.1 Å². The minimum Gasteiger partial charge on any atom is -0.496 e. The molecule has 0 aromatic heterocycles. The van der Waals surface area contributed by atoms with Crippen LogP contribution in [0.4, 0.5) is 0 Å². The molecule has 0 amide bonds. The molecule has 0 N–H and O–H groups in total. The predicted octanol–water partition coefficient (Wildman–Crippen LogP) is 2.69. The van der Waals surface area contributed by atoms with Gasteiger partial charge in [0.05, 0.1) is 27.4 Å². The second-order valence-corrected chi connectivity index (χ2v) is 6.95. The van der Waals surface area contributed by atoms with E-state index in [1.54, 1.807) is 14.2 Å². The highest BCUT2D eigenvalue weighted by Gasteiger charge is 2.30. The van der Waals surface area contributed by atoms with Crippen LogP contribution in [-0.4, -0.2) is 62.9 Å². The zero-order valence-corrected chi connectivity index (χ0v) is 16.1. The summed E-state index contributed by atoms with van der Waals surface area (Å²) in [6.07, 6.45) is 2.20. The highest BCUT2D eigenvalue weighted by atomic mass is 16.5. The summed E-state index contributed by atoms with van der Waals surface area (Å²) in [7, 11) is 3.58. The lowest BCUT2D eigenvalue weighted by molar-refractivity contribution is 0.0338. The summed E-state index contributed by atoms with van der Waals surface area (Å²) < 4.78 is 17.2. The quantitative estimate of drug-likeness (QED) is 0.790. The van der Waals surface area contributed by atoms with Crippen molar-refractivity contribution in [3.63, 3.8) is 0 Å². The highest BCUT2D eigenvalue weighted by molar-refractivity contribution is 5.55. The van der Waals surface area contributed by atoms with Crippen LogP contribution in [0.2, 0.25) is 0 Å². The molecule has 25 heavy (non-hydrogen) atoms. The Bertz CT molecular complexity index is 585. The topological polar surface area (TPSA) is 34.2 Å². The molecule has 1 aromatic rings. The van der Waals surface area contributed by atoms with Crippen molar-refractivity contribution in [1.82, 2.24) is 9.80 Å². The number of rotatable bonds is 6. The molecule has 5 nitrogen and oxygen atoms in total. The third-order valence-corrected chi connectivity index (χ3v) is 5.65. The van der Waals surface area contributed by atoms with Crippen LogP contribution < -0.4 is 9.47 Å². The fourth-order valence-electron chi connectivity index (χ4n) is 4.20. The van der Waals surface area contributed by atoms with E-state index in [-0.39, 0.29) is 0 Å². The molecule has 3 rings (SSSR count). The van der Waals surface area contributed by atoms with Gasteiger partial charge in [-0.3, -0.25) is 9.80 Å². The molecule has 1 fully saturated rings. The monoisotopic (exact) mass is 348 g/mol. The Balaban J connectivity index is 1.97. The van der Waals surface area contributed by atoms with Gasteiger partial charge in [-0.1, -0.05) is 13.8 Å². The van der Waals surface area contributed by atoms with Gasteiger partial charge in [0.25, 0.3) is 0 Å². The number of likely N-dealkylation sites (N-methyl/N-ethyl adjacent to an activating group) is 1. The zero-order valence-electron chi connectivity index (χ0n) is 16.1. The van der Waals surface area contributed by atoms with Crippen LogP contribution >= 0.6 is 0 Å². The number of morpholine rings is 1. The third-order valence-electron chi connectivity index (χ3n) is 5.65. The molecule has 1 aromatic carbocycles. The number of benzene rings is 1. The number of hydrogen-bond donors (Lipinski definition) is 0. The third kappa shape index (κ3) is 3.78. The molecule has 1 saturated heterocycles. The summed E-state index contributed by atoms with van der Waals surface area (Å²) in [5, 5.41) is 0. The molecule has 0 spiro atoms. The van der Waals surface area contributed by atoms with Crippen LogP contribution in [0.15, 0.2) is 6.07 Å². The van der Waals surface area contributed by atoms with E-state index >= 15 is 0 Å². The van der Waals surface area contributed by atoms with Crippen molar-refractivity contribution >= 4 is 0 Å². The molecule has 0 radical (unpaired) electrons. The summed E-state index contributed by atoms with van der Waals surface area (Å²) in [5.41, 5.74) is 3.89. The lowest BCUT2D eigenvalue weighted by Gasteiger charge is -2.38. The lowest BCUT2D eigenvalue weighted by atomic mass is 9.89. The Morgan fingerprint density at radius 1 is 1.12 bits per heavy atom. The van der Waals surface area contributed by atoms with E-state index in [0.29, 0.717) is 6.04 Å². The van der Waals surface area contributed by atoms with Crippen LogP contribution in [-0.2, 0) is 24.2 Å². The van der Waals surface area contributed by atoms with Gasteiger partial charge in [0, 0.05) is 48.9 Å². The average molecular weight is 348 g/mol. The summed E-state index contributed by atoms with van der Waals surface area (Å²) in [6.45, 7) is 11.0. The number of nitrogens with zero attached hydrogens (tertiary/aromatic N) is 2. The van der Waals surface area contributed by atoms with Gasteiger partial charge in [-0.25, -0.2) is 0 Å². The van der Waals surface area contributed by atoms with Gasteiger partial charge in [-0.2, -0.15) is 0 Å². The van der Waals surface area contributed by atoms with Crippen molar-refractivity contribution < 1.29 is 14.2 Å². The molecular weight excluding hydrogens is 316 g/mol. The van der Waals surface area contributed by atoms with E-state index in [9.17, 15) is 0 Å². The van der Waals surface area contributed by atoms with Gasteiger partial charge in [-0.15, -0.1) is 0 Å². The van der Waals surface area contributed by atoms with Crippen LogP contribution in [0.1, 0.15) is 37.0 Å². The van der Waals surface area contributed by atoms with Crippen molar-refractivity contribution in [1.29, 1.82) is 0 Å². The van der Waals surface area contributed by atoms with Crippen molar-refractivity contribution in [3.05, 3.63) is 22.8 Å². The second kappa shape index (κ2) is 8.39. The largest absolute Gasteiger partial charge is 0.496 e. The maximum Gasteiger partial charge on any atom is 0.127 e. The molecular formula is C20H32N2O3. The Labute approximate surface area is 151 Å². The van der Waals surface area contributed by atoms with Gasteiger partial charge in [0.15, 0.2) is 0 Å². The van der Waals surface area contributed by atoms with E-state index in [0.717, 1.165) is 70.3 Å². The Morgan fingerprint density at radius 2 is 1.88 bits per heavy atom. The Hall–Kier alpha value is -1.30. The fraction of sp³-hybridized carbons (Fsp3) is 0.700. The Morgan fingerprint density at radius 3 is 2.48 bits per heavy atom. The lowest BCUT2D eigenvalue weighted by Crippen LogP contribution is -2.40. The minimum atomic E-state index is 0.578. The molecule has 2 aliphatic heterocycles. The maximum atomic E-state index is 5.91. The van der Waals surface area contributed by atoms with Crippen LogP contribution in [0.3, 0.4) is 0 Å². The first-order valence-electron chi connectivity index (χ1n) is 9.51. The summed E-state index contributed by atoms with van der Waals surface area (Å²) in [5.74, 6) is 2.07. The van der Waals surface area contributed by atoms with Gasteiger partial charge in [-0.05, 0) is 25.5 Å². The van der Waals surface area contributed by atoms with Gasteiger partial charge < -0.3 is 14.2 Å². The van der Waals surface area contributed by atoms with E-state index in [2.05, 4.69) is 29.7 Å². The molecule has 5 heteroatoms. The van der Waals surface area contributed by atoms with Gasteiger partial charge in [0.2, 0.25) is 0 Å². The Kier molecular flexibility index (Phi) is 6.20. The normalized spacial score (nSPS) is 21.8. The summed E-state index contributed by atoms with van der Waals surface area (Å²) >= 11 is 0. The maximum absolute atomic E-state index is 5.91. The van der Waals surface area contributed by atoms with E-state index in [4.69, 9.17) is 14.2 Å². The zero-order chi connectivity index (χ0) is 17.8. The smallest absolute Gasteiger partial charge is 0.127 e. The van der Waals surface area contributed by atoms with Crippen LogP contribution in [0.5, 0.6) is 11.5 Å². The molecule has 2 heterocycles. The first-order chi connectivity index (χ1) is 12.2.